The van der Waals surface area contributed by atoms with Crippen LogP contribution in [-0.4, -0.2) is 9.55 Å². The van der Waals surface area contributed by atoms with E-state index < -0.39 is 0 Å². The number of nitriles is 1. The van der Waals surface area contributed by atoms with Crippen molar-refractivity contribution in [2.75, 3.05) is 0 Å². The summed E-state index contributed by atoms with van der Waals surface area (Å²) in [6.45, 7) is 2.12. The lowest BCUT2D eigenvalue weighted by Crippen LogP contribution is -1.96. The Morgan fingerprint density at radius 1 is 0.821 bits per heavy atom. The van der Waals surface area contributed by atoms with Crippen LogP contribution in [0, 0.1) is 18.3 Å². The van der Waals surface area contributed by atoms with Crippen molar-refractivity contribution in [2.45, 2.75) is 6.92 Å². The molecule has 28 heavy (non-hydrogen) atoms. The number of hydrogen-bond acceptors (Lipinski definition) is 2. The van der Waals surface area contributed by atoms with Gasteiger partial charge in [0.05, 0.1) is 22.7 Å². The van der Waals surface area contributed by atoms with Crippen LogP contribution in [0.4, 0.5) is 0 Å². The van der Waals surface area contributed by atoms with Crippen molar-refractivity contribution in [3.8, 4) is 22.9 Å². The standard InChI is InChI=1S/C25H17N3/c1-17-6-9-25-23(14-17)21-4-2-3-5-24(21)28(25)20-8-7-19(16-26)22(15-20)18-10-12-27-13-11-18/h2-15H,1H3. The molecule has 3 nitrogen and oxygen atoms in total. The third kappa shape index (κ3) is 2.47. The Hall–Kier alpha value is -3.90. The second-order valence-corrected chi connectivity index (χ2v) is 6.95. The molecule has 0 saturated carbocycles. The molecule has 0 spiro atoms. The zero-order valence-electron chi connectivity index (χ0n) is 15.4. The SMILES string of the molecule is Cc1ccc2c(c1)c1ccccc1n2-c1ccc(C#N)c(-c2ccncc2)c1. The lowest BCUT2D eigenvalue weighted by molar-refractivity contribution is 1.18. The zero-order valence-corrected chi connectivity index (χ0v) is 15.4. The van der Waals surface area contributed by atoms with E-state index in [1.807, 2.05) is 24.3 Å². The Kier molecular flexibility index (Phi) is 3.70. The van der Waals surface area contributed by atoms with Crippen molar-refractivity contribution in [3.63, 3.8) is 0 Å². The Balaban J connectivity index is 1.85. The van der Waals surface area contributed by atoms with E-state index >= 15 is 0 Å². The summed E-state index contributed by atoms with van der Waals surface area (Å²) in [5.74, 6) is 0. The molecule has 0 bridgehead atoms. The van der Waals surface area contributed by atoms with Crippen molar-refractivity contribution in [3.05, 3.63) is 96.3 Å². The van der Waals surface area contributed by atoms with Gasteiger partial charge in [0, 0.05) is 34.4 Å². The smallest absolute Gasteiger partial charge is 0.0998 e. The van der Waals surface area contributed by atoms with Crippen LogP contribution in [0.1, 0.15) is 11.1 Å². The Labute approximate surface area is 163 Å². The molecule has 0 saturated heterocycles. The quantitative estimate of drug-likeness (QED) is 0.386. The van der Waals surface area contributed by atoms with Crippen LogP contribution in [0.5, 0.6) is 0 Å². The maximum Gasteiger partial charge on any atom is 0.0998 e. The van der Waals surface area contributed by atoms with Crippen LogP contribution < -0.4 is 0 Å². The van der Waals surface area contributed by atoms with Crippen molar-refractivity contribution in [1.29, 1.82) is 5.26 Å². The Morgan fingerprint density at radius 2 is 1.61 bits per heavy atom. The summed E-state index contributed by atoms with van der Waals surface area (Å²) in [5.41, 5.74) is 7.18. The molecule has 0 aliphatic carbocycles. The fourth-order valence-electron chi connectivity index (χ4n) is 3.90. The summed E-state index contributed by atoms with van der Waals surface area (Å²) >= 11 is 0. The minimum absolute atomic E-state index is 0.659. The number of benzene rings is 3. The second-order valence-electron chi connectivity index (χ2n) is 6.95. The second kappa shape index (κ2) is 6.37. The Morgan fingerprint density at radius 3 is 2.43 bits per heavy atom. The molecule has 3 heteroatoms. The van der Waals surface area contributed by atoms with Gasteiger partial charge in [0.2, 0.25) is 0 Å². The van der Waals surface area contributed by atoms with Gasteiger partial charge in [-0.05, 0) is 61.0 Å². The van der Waals surface area contributed by atoms with Gasteiger partial charge >= 0.3 is 0 Å². The van der Waals surface area contributed by atoms with Gasteiger partial charge in [0.1, 0.15) is 0 Å². The molecule has 0 N–H and O–H groups in total. The predicted molar refractivity (Wildman–Crippen MR) is 113 cm³/mol. The average molecular weight is 359 g/mol. The Bertz CT molecular complexity index is 1370. The van der Waals surface area contributed by atoms with Crippen LogP contribution in [0.3, 0.4) is 0 Å². The molecule has 2 heterocycles. The number of rotatable bonds is 2. The lowest BCUT2D eigenvalue weighted by Gasteiger charge is -2.11. The fourth-order valence-corrected chi connectivity index (χ4v) is 3.90. The highest BCUT2D eigenvalue weighted by atomic mass is 15.0. The first-order valence-electron chi connectivity index (χ1n) is 9.21. The lowest BCUT2D eigenvalue weighted by atomic mass is 10.0. The third-order valence-corrected chi connectivity index (χ3v) is 5.20. The molecule has 3 aromatic carbocycles. The minimum atomic E-state index is 0.659. The van der Waals surface area contributed by atoms with Crippen LogP contribution in [-0.2, 0) is 0 Å². The van der Waals surface area contributed by atoms with Gasteiger partial charge in [-0.1, -0.05) is 29.8 Å². The molecular formula is C25H17N3. The number of hydrogen-bond donors (Lipinski definition) is 0. The van der Waals surface area contributed by atoms with Crippen molar-refractivity contribution in [2.24, 2.45) is 0 Å². The molecule has 0 radical (unpaired) electrons. The summed E-state index contributed by atoms with van der Waals surface area (Å²) in [4.78, 5) is 4.10. The molecule has 2 aromatic heterocycles. The number of fused-ring (bicyclic) bond motifs is 3. The summed E-state index contributed by atoms with van der Waals surface area (Å²) in [5, 5.41) is 12.1. The van der Waals surface area contributed by atoms with E-state index in [4.69, 9.17) is 0 Å². The van der Waals surface area contributed by atoms with Gasteiger partial charge in [-0.25, -0.2) is 0 Å². The van der Waals surface area contributed by atoms with Crippen molar-refractivity contribution < 1.29 is 0 Å². The first kappa shape index (κ1) is 16.3. The largest absolute Gasteiger partial charge is 0.309 e. The maximum absolute atomic E-state index is 9.60. The molecule has 0 fully saturated rings. The summed E-state index contributed by atoms with van der Waals surface area (Å²) < 4.78 is 2.27. The first-order chi connectivity index (χ1) is 13.8. The topological polar surface area (TPSA) is 41.6 Å². The van der Waals surface area contributed by atoms with E-state index in [2.05, 4.69) is 71.1 Å². The average Bonchev–Trinajstić information content (AvgIpc) is 3.07. The monoisotopic (exact) mass is 359 g/mol. The molecule has 0 atom stereocenters. The van der Waals surface area contributed by atoms with Crippen LogP contribution in [0.15, 0.2) is 85.2 Å². The predicted octanol–water partition coefficient (Wildman–Crippen LogP) is 6.03. The normalized spacial score (nSPS) is 11.0. The molecular weight excluding hydrogens is 342 g/mol. The van der Waals surface area contributed by atoms with Crippen molar-refractivity contribution >= 4 is 21.8 Å². The van der Waals surface area contributed by atoms with E-state index in [0.29, 0.717) is 5.56 Å². The van der Waals surface area contributed by atoms with Gasteiger partial charge in [0.25, 0.3) is 0 Å². The molecule has 0 aliphatic heterocycles. The van der Waals surface area contributed by atoms with Gasteiger partial charge in [-0.3, -0.25) is 4.98 Å². The van der Waals surface area contributed by atoms with Crippen molar-refractivity contribution in [1.82, 2.24) is 9.55 Å². The first-order valence-corrected chi connectivity index (χ1v) is 9.21. The third-order valence-electron chi connectivity index (χ3n) is 5.20. The number of aryl methyl sites for hydroxylation is 1. The van der Waals surface area contributed by atoms with E-state index in [0.717, 1.165) is 27.8 Å². The highest BCUT2D eigenvalue weighted by molar-refractivity contribution is 6.09. The molecule has 5 aromatic rings. The van der Waals surface area contributed by atoms with Crippen LogP contribution in [0.2, 0.25) is 0 Å². The summed E-state index contributed by atoms with van der Waals surface area (Å²) in [7, 11) is 0. The number of nitrogens with zero attached hydrogens (tertiary/aromatic N) is 3. The molecule has 0 aliphatic rings. The zero-order chi connectivity index (χ0) is 19.1. The van der Waals surface area contributed by atoms with Gasteiger partial charge in [-0.2, -0.15) is 5.26 Å². The number of pyridine rings is 1. The van der Waals surface area contributed by atoms with E-state index in [1.54, 1.807) is 12.4 Å². The van der Waals surface area contributed by atoms with E-state index in [9.17, 15) is 5.26 Å². The summed E-state index contributed by atoms with van der Waals surface area (Å²) in [6.07, 6.45) is 3.51. The highest BCUT2D eigenvalue weighted by Crippen LogP contribution is 2.34. The number of para-hydroxylation sites is 1. The van der Waals surface area contributed by atoms with Crippen LogP contribution >= 0.6 is 0 Å². The molecule has 132 valence electrons. The summed E-state index contributed by atoms with van der Waals surface area (Å²) in [6, 6.07) is 27.2. The van der Waals surface area contributed by atoms with Gasteiger partial charge in [0.15, 0.2) is 0 Å². The fraction of sp³-hybridized carbons (Fsp3) is 0.0400. The van der Waals surface area contributed by atoms with Gasteiger partial charge in [-0.15, -0.1) is 0 Å². The van der Waals surface area contributed by atoms with E-state index in [1.165, 1.54) is 16.3 Å². The maximum atomic E-state index is 9.60. The highest BCUT2D eigenvalue weighted by Gasteiger charge is 2.14. The number of aromatic nitrogens is 2. The minimum Gasteiger partial charge on any atom is -0.309 e. The molecule has 0 amide bonds. The van der Waals surface area contributed by atoms with Gasteiger partial charge < -0.3 is 4.57 Å². The molecule has 0 unspecified atom stereocenters. The molecule has 5 rings (SSSR count). The van der Waals surface area contributed by atoms with E-state index in [-0.39, 0.29) is 0 Å². The van der Waals surface area contributed by atoms with Crippen LogP contribution in [0.25, 0.3) is 38.6 Å².